The molecule has 3 rings (SSSR count). The molecule has 7 nitrogen and oxygen atoms in total. The zero-order valence-corrected chi connectivity index (χ0v) is 14.7. The number of rotatable bonds is 6. The Balaban J connectivity index is 1.50. The molecule has 3 amide bonds. The predicted molar refractivity (Wildman–Crippen MR) is 97.3 cm³/mol. The van der Waals surface area contributed by atoms with Crippen LogP contribution >= 0.6 is 0 Å². The number of urea groups is 1. The second-order valence-corrected chi connectivity index (χ2v) is 6.20. The Hall–Kier alpha value is -2.96. The van der Waals surface area contributed by atoms with Crippen LogP contribution in [0.1, 0.15) is 42.0 Å². The van der Waals surface area contributed by atoms with Crippen molar-refractivity contribution in [1.29, 1.82) is 0 Å². The summed E-state index contributed by atoms with van der Waals surface area (Å²) in [5.41, 5.74) is 0.656. The lowest BCUT2D eigenvalue weighted by atomic mass is 10.2. The van der Waals surface area contributed by atoms with Crippen LogP contribution in [-0.2, 0) is 6.54 Å². The van der Waals surface area contributed by atoms with E-state index in [1.807, 2.05) is 18.2 Å². The lowest BCUT2D eigenvalue weighted by Crippen LogP contribution is -2.28. The van der Waals surface area contributed by atoms with E-state index in [0.29, 0.717) is 11.4 Å². The molecule has 1 aliphatic carbocycles. The monoisotopic (exact) mass is 357 g/mol. The number of anilines is 1. The SMILES string of the molecule is CNC(=O)c1ccc(CNC(=O)Nc2cccc(OC3CCCC3)c2)o1. The zero-order chi connectivity index (χ0) is 18.4. The van der Waals surface area contributed by atoms with Crippen LogP contribution in [-0.4, -0.2) is 25.1 Å². The normalized spacial score (nSPS) is 14.0. The van der Waals surface area contributed by atoms with E-state index in [9.17, 15) is 9.59 Å². The van der Waals surface area contributed by atoms with Crippen molar-refractivity contribution in [2.75, 3.05) is 12.4 Å². The van der Waals surface area contributed by atoms with E-state index in [1.165, 1.54) is 19.9 Å². The van der Waals surface area contributed by atoms with Gasteiger partial charge in [0.15, 0.2) is 5.76 Å². The van der Waals surface area contributed by atoms with Gasteiger partial charge in [-0.3, -0.25) is 4.79 Å². The van der Waals surface area contributed by atoms with E-state index >= 15 is 0 Å². The van der Waals surface area contributed by atoms with Gasteiger partial charge < -0.3 is 25.1 Å². The third-order valence-corrected chi connectivity index (χ3v) is 4.23. The van der Waals surface area contributed by atoms with Crippen molar-refractivity contribution in [2.24, 2.45) is 0 Å². The van der Waals surface area contributed by atoms with Gasteiger partial charge in [0.05, 0.1) is 12.6 Å². The predicted octanol–water partition coefficient (Wildman–Crippen LogP) is 3.28. The van der Waals surface area contributed by atoms with Crippen LogP contribution in [0.3, 0.4) is 0 Å². The van der Waals surface area contributed by atoms with Gasteiger partial charge in [0.1, 0.15) is 11.5 Å². The minimum absolute atomic E-state index is 0.182. The van der Waals surface area contributed by atoms with E-state index in [1.54, 1.807) is 18.2 Å². The number of hydrogen-bond donors (Lipinski definition) is 3. The van der Waals surface area contributed by atoms with E-state index in [2.05, 4.69) is 16.0 Å². The fourth-order valence-corrected chi connectivity index (χ4v) is 2.91. The molecular weight excluding hydrogens is 334 g/mol. The summed E-state index contributed by atoms with van der Waals surface area (Å²) in [6, 6.07) is 10.2. The summed E-state index contributed by atoms with van der Waals surface area (Å²) in [5.74, 6) is 1.16. The van der Waals surface area contributed by atoms with Crippen molar-refractivity contribution in [3.8, 4) is 5.75 Å². The lowest BCUT2D eigenvalue weighted by molar-refractivity contribution is 0.0934. The van der Waals surface area contributed by atoms with E-state index < -0.39 is 0 Å². The number of carbonyl (C=O) groups is 2. The van der Waals surface area contributed by atoms with Gasteiger partial charge in [-0.15, -0.1) is 0 Å². The highest BCUT2D eigenvalue weighted by molar-refractivity contribution is 5.91. The van der Waals surface area contributed by atoms with Crippen LogP contribution in [0.15, 0.2) is 40.8 Å². The van der Waals surface area contributed by atoms with Gasteiger partial charge in [0.25, 0.3) is 5.91 Å². The van der Waals surface area contributed by atoms with Crippen molar-refractivity contribution in [3.63, 3.8) is 0 Å². The smallest absolute Gasteiger partial charge is 0.319 e. The van der Waals surface area contributed by atoms with Gasteiger partial charge in [0.2, 0.25) is 0 Å². The first-order valence-electron chi connectivity index (χ1n) is 8.76. The molecule has 1 fully saturated rings. The molecule has 138 valence electrons. The van der Waals surface area contributed by atoms with Gasteiger partial charge in [0, 0.05) is 18.8 Å². The first kappa shape index (κ1) is 17.8. The number of benzene rings is 1. The van der Waals surface area contributed by atoms with E-state index in [4.69, 9.17) is 9.15 Å². The molecule has 0 bridgehead atoms. The van der Waals surface area contributed by atoms with Gasteiger partial charge in [-0.2, -0.15) is 0 Å². The standard InChI is InChI=1S/C19H23N3O4/c1-20-18(23)17-10-9-16(26-17)12-21-19(24)22-13-5-4-8-15(11-13)25-14-6-2-3-7-14/h4-5,8-11,14H,2-3,6-7,12H2,1H3,(H,20,23)(H2,21,22,24). The summed E-state index contributed by atoms with van der Waals surface area (Å²) in [6.07, 6.45) is 4.85. The Kier molecular flexibility index (Phi) is 5.78. The number of carbonyl (C=O) groups excluding carboxylic acids is 2. The first-order valence-corrected chi connectivity index (χ1v) is 8.76. The van der Waals surface area contributed by atoms with Crippen molar-refractivity contribution >= 4 is 17.6 Å². The average molecular weight is 357 g/mol. The highest BCUT2D eigenvalue weighted by Crippen LogP contribution is 2.25. The third kappa shape index (κ3) is 4.78. The van der Waals surface area contributed by atoms with Gasteiger partial charge in [-0.25, -0.2) is 4.79 Å². The Bertz CT molecular complexity index is 766. The maximum atomic E-state index is 12.1. The highest BCUT2D eigenvalue weighted by atomic mass is 16.5. The summed E-state index contributed by atoms with van der Waals surface area (Å²) >= 11 is 0. The van der Waals surface area contributed by atoms with E-state index in [0.717, 1.165) is 18.6 Å². The van der Waals surface area contributed by atoms with Crippen molar-refractivity contribution in [2.45, 2.75) is 38.3 Å². The number of hydrogen-bond acceptors (Lipinski definition) is 4. The van der Waals surface area contributed by atoms with E-state index in [-0.39, 0.29) is 30.3 Å². The molecule has 2 aromatic rings. The summed E-state index contributed by atoms with van der Waals surface area (Å²) in [6.45, 7) is 0.182. The molecule has 0 aliphatic heterocycles. The number of nitrogens with one attached hydrogen (secondary N) is 3. The largest absolute Gasteiger partial charge is 0.490 e. The molecule has 0 radical (unpaired) electrons. The Morgan fingerprint density at radius 2 is 2.00 bits per heavy atom. The average Bonchev–Trinajstić information content (AvgIpc) is 3.31. The van der Waals surface area contributed by atoms with Crippen molar-refractivity contribution in [3.05, 3.63) is 47.9 Å². The number of amides is 3. The summed E-state index contributed by atoms with van der Waals surface area (Å²) in [4.78, 5) is 23.5. The number of furan rings is 1. The van der Waals surface area contributed by atoms with Crippen LogP contribution in [0.25, 0.3) is 0 Å². The first-order chi connectivity index (χ1) is 12.6. The Morgan fingerprint density at radius 3 is 2.77 bits per heavy atom. The molecule has 1 aliphatic rings. The van der Waals surface area contributed by atoms with Crippen molar-refractivity contribution in [1.82, 2.24) is 10.6 Å². The Morgan fingerprint density at radius 1 is 1.19 bits per heavy atom. The molecule has 3 N–H and O–H groups in total. The summed E-state index contributed by atoms with van der Waals surface area (Å²) in [7, 11) is 1.53. The topological polar surface area (TPSA) is 92.6 Å². The minimum Gasteiger partial charge on any atom is -0.490 e. The van der Waals surface area contributed by atoms with Crippen LogP contribution in [0.4, 0.5) is 10.5 Å². The molecule has 1 aromatic heterocycles. The molecule has 0 saturated heterocycles. The van der Waals surface area contributed by atoms with Crippen LogP contribution in [0.5, 0.6) is 5.75 Å². The highest BCUT2D eigenvalue weighted by Gasteiger charge is 2.16. The fraction of sp³-hybridized carbons (Fsp3) is 0.368. The third-order valence-electron chi connectivity index (χ3n) is 4.23. The summed E-state index contributed by atoms with van der Waals surface area (Å²) in [5, 5.41) is 7.94. The molecule has 26 heavy (non-hydrogen) atoms. The molecule has 1 saturated carbocycles. The second-order valence-electron chi connectivity index (χ2n) is 6.20. The molecule has 0 unspecified atom stereocenters. The molecule has 7 heteroatoms. The molecule has 0 atom stereocenters. The van der Waals surface area contributed by atoms with Crippen LogP contribution in [0, 0.1) is 0 Å². The minimum atomic E-state index is -0.360. The quantitative estimate of drug-likeness (QED) is 0.740. The lowest BCUT2D eigenvalue weighted by Gasteiger charge is -2.14. The molecular formula is C19H23N3O4. The fourth-order valence-electron chi connectivity index (χ4n) is 2.91. The maximum Gasteiger partial charge on any atom is 0.319 e. The Labute approximate surface area is 152 Å². The second kappa shape index (κ2) is 8.42. The zero-order valence-electron chi connectivity index (χ0n) is 14.7. The summed E-state index contributed by atoms with van der Waals surface area (Å²) < 4.78 is 11.3. The van der Waals surface area contributed by atoms with Gasteiger partial charge in [-0.1, -0.05) is 6.07 Å². The van der Waals surface area contributed by atoms with Gasteiger partial charge in [-0.05, 0) is 49.9 Å². The van der Waals surface area contributed by atoms with Crippen molar-refractivity contribution < 1.29 is 18.7 Å². The molecule has 1 aromatic carbocycles. The maximum absolute atomic E-state index is 12.1. The van der Waals surface area contributed by atoms with Crippen LogP contribution < -0.4 is 20.7 Å². The number of ether oxygens (including phenoxy) is 1. The van der Waals surface area contributed by atoms with Crippen LogP contribution in [0.2, 0.25) is 0 Å². The van der Waals surface area contributed by atoms with Gasteiger partial charge >= 0.3 is 6.03 Å². The molecule has 0 spiro atoms. The molecule has 1 heterocycles.